The molecule has 0 spiro atoms. The van der Waals surface area contributed by atoms with Crippen LogP contribution >= 0.6 is 0 Å². The van der Waals surface area contributed by atoms with Crippen LogP contribution in [0, 0.1) is 17.8 Å². The Morgan fingerprint density at radius 2 is 1.79 bits per heavy atom. The van der Waals surface area contributed by atoms with Crippen molar-refractivity contribution < 1.29 is 4.79 Å². The maximum absolute atomic E-state index is 12.1. The second-order valence-electron chi connectivity index (χ2n) is 4.86. The molecule has 3 aliphatic rings. The van der Waals surface area contributed by atoms with Crippen molar-refractivity contribution >= 4 is 5.91 Å². The molecule has 0 bridgehead atoms. The SMILES string of the molecule is O=C(C1C2CCCC21)N1CCNCC1. The van der Waals surface area contributed by atoms with Crippen LogP contribution in [0.15, 0.2) is 0 Å². The van der Waals surface area contributed by atoms with Crippen molar-refractivity contribution in [3.8, 4) is 0 Å². The summed E-state index contributed by atoms with van der Waals surface area (Å²) in [5.41, 5.74) is 0. The molecule has 1 aliphatic heterocycles. The van der Waals surface area contributed by atoms with Gasteiger partial charge in [-0.05, 0) is 24.7 Å². The monoisotopic (exact) mass is 194 g/mol. The third-order valence-electron chi connectivity index (χ3n) is 4.12. The van der Waals surface area contributed by atoms with Crippen molar-refractivity contribution in [3.63, 3.8) is 0 Å². The fraction of sp³-hybridized carbons (Fsp3) is 0.909. The normalized spacial score (nSPS) is 40.9. The first-order valence-electron chi connectivity index (χ1n) is 5.87. The van der Waals surface area contributed by atoms with Gasteiger partial charge in [0.25, 0.3) is 0 Å². The minimum absolute atomic E-state index is 0.432. The number of amides is 1. The van der Waals surface area contributed by atoms with Crippen LogP contribution in [0.3, 0.4) is 0 Å². The molecule has 78 valence electrons. The Morgan fingerprint density at radius 3 is 2.43 bits per heavy atom. The molecule has 3 heteroatoms. The molecule has 0 aromatic heterocycles. The van der Waals surface area contributed by atoms with E-state index in [1.54, 1.807) is 0 Å². The van der Waals surface area contributed by atoms with E-state index in [2.05, 4.69) is 10.2 Å². The molecular formula is C11H18N2O. The van der Waals surface area contributed by atoms with E-state index in [0.717, 1.165) is 38.0 Å². The maximum Gasteiger partial charge on any atom is 0.226 e. The lowest BCUT2D eigenvalue weighted by Crippen LogP contribution is -2.47. The first-order chi connectivity index (χ1) is 6.88. The summed E-state index contributed by atoms with van der Waals surface area (Å²) in [7, 11) is 0. The molecule has 1 N–H and O–H groups in total. The Hall–Kier alpha value is -0.570. The standard InChI is InChI=1S/C11H18N2O/c14-11(13-6-4-12-5-7-13)10-8-2-1-3-9(8)10/h8-10,12H,1-7H2. The molecule has 2 aliphatic carbocycles. The maximum atomic E-state index is 12.1. The Kier molecular flexibility index (Phi) is 2.01. The second kappa shape index (κ2) is 3.23. The number of fused-ring (bicyclic) bond motifs is 1. The minimum atomic E-state index is 0.432. The average molecular weight is 194 g/mol. The van der Waals surface area contributed by atoms with Gasteiger partial charge >= 0.3 is 0 Å². The Morgan fingerprint density at radius 1 is 1.14 bits per heavy atom. The lowest BCUT2D eigenvalue weighted by Gasteiger charge is -2.28. The highest BCUT2D eigenvalue weighted by molar-refractivity contribution is 5.82. The predicted octanol–water partition coefficient (Wildman–Crippen LogP) is 0.464. The molecule has 0 radical (unpaired) electrons. The van der Waals surface area contributed by atoms with Gasteiger partial charge in [-0.1, -0.05) is 6.42 Å². The van der Waals surface area contributed by atoms with Gasteiger partial charge in [-0.3, -0.25) is 4.79 Å². The highest BCUT2D eigenvalue weighted by Gasteiger charge is 2.57. The Bertz CT molecular complexity index is 234. The van der Waals surface area contributed by atoms with Gasteiger partial charge in [0.2, 0.25) is 5.91 Å². The van der Waals surface area contributed by atoms with Crippen LogP contribution in [0.2, 0.25) is 0 Å². The molecule has 1 amide bonds. The molecule has 3 fully saturated rings. The first-order valence-corrected chi connectivity index (χ1v) is 5.87. The van der Waals surface area contributed by atoms with E-state index in [1.165, 1.54) is 19.3 Å². The van der Waals surface area contributed by atoms with Crippen LogP contribution in [0.1, 0.15) is 19.3 Å². The predicted molar refractivity (Wildman–Crippen MR) is 53.8 cm³/mol. The summed E-state index contributed by atoms with van der Waals surface area (Å²) < 4.78 is 0. The van der Waals surface area contributed by atoms with E-state index < -0.39 is 0 Å². The zero-order valence-electron chi connectivity index (χ0n) is 8.54. The van der Waals surface area contributed by atoms with E-state index in [1.807, 2.05) is 0 Å². The van der Waals surface area contributed by atoms with Crippen molar-refractivity contribution in [2.45, 2.75) is 19.3 Å². The van der Waals surface area contributed by atoms with E-state index in [0.29, 0.717) is 11.8 Å². The number of hydrogen-bond donors (Lipinski definition) is 1. The molecule has 2 saturated carbocycles. The molecule has 2 unspecified atom stereocenters. The zero-order chi connectivity index (χ0) is 9.54. The van der Waals surface area contributed by atoms with Crippen LogP contribution < -0.4 is 5.32 Å². The number of nitrogens with one attached hydrogen (secondary N) is 1. The van der Waals surface area contributed by atoms with Crippen LogP contribution in [-0.2, 0) is 4.79 Å². The lowest BCUT2D eigenvalue weighted by atomic mass is 10.1. The summed E-state index contributed by atoms with van der Waals surface area (Å²) in [6.07, 6.45) is 3.99. The Labute approximate surface area is 84.8 Å². The molecular weight excluding hydrogens is 176 g/mol. The van der Waals surface area contributed by atoms with Crippen LogP contribution in [0.4, 0.5) is 0 Å². The van der Waals surface area contributed by atoms with Crippen molar-refractivity contribution in [3.05, 3.63) is 0 Å². The van der Waals surface area contributed by atoms with Gasteiger partial charge in [0, 0.05) is 32.1 Å². The third kappa shape index (κ3) is 1.26. The van der Waals surface area contributed by atoms with Crippen LogP contribution in [0.5, 0.6) is 0 Å². The summed E-state index contributed by atoms with van der Waals surface area (Å²) in [5.74, 6) is 2.44. The van der Waals surface area contributed by atoms with Gasteiger partial charge < -0.3 is 10.2 Å². The minimum Gasteiger partial charge on any atom is -0.340 e. The van der Waals surface area contributed by atoms with Gasteiger partial charge in [0.1, 0.15) is 0 Å². The summed E-state index contributed by atoms with van der Waals surface area (Å²) in [5, 5.41) is 3.29. The number of piperazine rings is 1. The fourth-order valence-corrected chi connectivity index (χ4v) is 3.28. The Balaban J connectivity index is 1.60. The van der Waals surface area contributed by atoms with Gasteiger partial charge in [0.15, 0.2) is 0 Å². The van der Waals surface area contributed by atoms with Gasteiger partial charge in [-0.2, -0.15) is 0 Å². The summed E-state index contributed by atoms with van der Waals surface area (Å²) >= 11 is 0. The molecule has 0 aromatic rings. The number of rotatable bonds is 1. The summed E-state index contributed by atoms with van der Waals surface area (Å²) in [6.45, 7) is 3.81. The molecule has 3 nitrogen and oxygen atoms in total. The topological polar surface area (TPSA) is 32.3 Å². The van der Waals surface area contributed by atoms with Crippen molar-refractivity contribution in [1.82, 2.24) is 10.2 Å². The van der Waals surface area contributed by atoms with E-state index in [-0.39, 0.29) is 0 Å². The fourth-order valence-electron chi connectivity index (χ4n) is 3.28. The van der Waals surface area contributed by atoms with Crippen LogP contribution in [-0.4, -0.2) is 37.0 Å². The molecule has 0 aromatic carbocycles. The molecule has 2 atom stereocenters. The van der Waals surface area contributed by atoms with Crippen molar-refractivity contribution in [1.29, 1.82) is 0 Å². The number of carbonyl (C=O) groups excluding carboxylic acids is 1. The first kappa shape index (κ1) is 8.72. The van der Waals surface area contributed by atoms with Gasteiger partial charge in [-0.25, -0.2) is 0 Å². The lowest BCUT2D eigenvalue weighted by molar-refractivity contribution is -0.134. The molecule has 1 heterocycles. The van der Waals surface area contributed by atoms with E-state index in [4.69, 9.17) is 0 Å². The highest BCUT2D eigenvalue weighted by Crippen LogP contribution is 2.58. The smallest absolute Gasteiger partial charge is 0.226 e. The van der Waals surface area contributed by atoms with Crippen molar-refractivity contribution in [2.24, 2.45) is 17.8 Å². The van der Waals surface area contributed by atoms with Crippen LogP contribution in [0.25, 0.3) is 0 Å². The molecule has 14 heavy (non-hydrogen) atoms. The summed E-state index contributed by atoms with van der Waals surface area (Å²) in [4.78, 5) is 14.1. The molecule has 1 saturated heterocycles. The zero-order valence-corrected chi connectivity index (χ0v) is 8.54. The summed E-state index contributed by atoms with van der Waals surface area (Å²) in [6, 6.07) is 0. The van der Waals surface area contributed by atoms with Gasteiger partial charge in [-0.15, -0.1) is 0 Å². The average Bonchev–Trinajstić information content (AvgIpc) is 2.72. The number of carbonyl (C=O) groups is 1. The quantitative estimate of drug-likeness (QED) is 0.658. The van der Waals surface area contributed by atoms with Gasteiger partial charge in [0.05, 0.1) is 0 Å². The third-order valence-corrected chi connectivity index (χ3v) is 4.12. The number of hydrogen-bond acceptors (Lipinski definition) is 2. The van der Waals surface area contributed by atoms with E-state index in [9.17, 15) is 4.79 Å². The second-order valence-corrected chi connectivity index (χ2v) is 4.86. The highest BCUT2D eigenvalue weighted by atomic mass is 16.2. The van der Waals surface area contributed by atoms with E-state index >= 15 is 0 Å². The number of nitrogens with zero attached hydrogens (tertiary/aromatic N) is 1. The molecule has 3 rings (SSSR count). The van der Waals surface area contributed by atoms with Crippen molar-refractivity contribution in [2.75, 3.05) is 26.2 Å². The largest absolute Gasteiger partial charge is 0.340 e.